The second-order valence-electron chi connectivity index (χ2n) is 14.2. The first-order chi connectivity index (χ1) is 22.2. The first-order valence-corrected chi connectivity index (χ1v) is 15.1. The van der Waals surface area contributed by atoms with E-state index in [0.717, 1.165) is 68.7 Å². The summed E-state index contributed by atoms with van der Waals surface area (Å²) in [5.41, 5.74) is 7.18. The van der Waals surface area contributed by atoms with Gasteiger partial charge in [-0.2, -0.15) is 0 Å². The van der Waals surface area contributed by atoms with Gasteiger partial charge in [-0.25, -0.2) is 4.98 Å². The molecule has 0 unspecified atom stereocenters. The van der Waals surface area contributed by atoms with Gasteiger partial charge in [-0.15, -0.1) is 0 Å². The van der Waals surface area contributed by atoms with Crippen molar-refractivity contribution in [1.82, 2.24) is 14.4 Å². The van der Waals surface area contributed by atoms with E-state index in [9.17, 15) is 1.37 Å². The molecular weight excluding hydrogens is 526 g/mol. The summed E-state index contributed by atoms with van der Waals surface area (Å²) < 4.78 is 41.7. The number of benzene rings is 3. The molecule has 4 nitrogen and oxygen atoms in total. The molecule has 4 heteroatoms. The second-order valence-corrected chi connectivity index (χ2v) is 14.2. The fourth-order valence-electron chi connectivity index (χ4n) is 8.46. The summed E-state index contributed by atoms with van der Waals surface area (Å²) in [6.45, 7) is 6.93. The van der Waals surface area contributed by atoms with Gasteiger partial charge in [0, 0.05) is 55.3 Å². The predicted octanol–water partition coefficient (Wildman–Crippen LogP) is 10.8. The van der Waals surface area contributed by atoms with E-state index in [0.29, 0.717) is 11.3 Å². The summed E-state index contributed by atoms with van der Waals surface area (Å²) in [6, 6.07) is 24.6. The summed E-state index contributed by atoms with van der Waals surface area (Å²) in [4.78, 5) is 9.28. The Labute approximate surface area is 256 Å². The van der Waals surface area contributed by atoms with Gasteiger partial charge in [0.25, 0.3) is 0 Å². The third-order valence-electron chi connectivity index (χ3n) is 9.59. The number of fused-ring (bicyclic) bond motifs is 9. The molecule has 43 heavy (non-hydrogen) atoms. The first kappa shape index (κ1) is 21.3. The molecule has 1 saturated carbocycles. The molecule has 0 radical (unpaired) electrons. The third kappa shape index (κ3) is 3.62. The van der Waals surface area contributed by atoms with E-state index >= 15 is 0 Å². The van der Waals surface area contributed by atoms with Crippen molar-refractivity contribution in [3.8, 4) is 11.3 Å². The van der Waals surface area contributed by atoms with E-state index in [4.69, 9.17) is 13.5 Å². The monoisotopic (exact) mass is 565 g/mol. The zero-order chi connectivity index (χ0) is 32.7. The Morgan fingerprint density at radius 1 is 0.814 bits per heavy atom. The minimum atomic E-state index is -2.32. The molecule has 0 amide bonds. The van der Waals surface area contributed by atoms with Crippen LogP contribution in [0.3, 0.4) is 0 Å². The van der Waals surface area contributed by atoms with Gasteiger partial charge >= 0.3 is 0 Å². The molecule has 1 fully saturated rings. The van der Waals surface area contributed by atoms with Crippen LogP contribution in [-0.4, -0.2) is 14.4 Å². The second kappa shape index (κ2) is 8.35. The minimum Gasteiger partial charge on any atom is -0.437 e. The van der Waals surface area contributed by atoms with Crippen molar-refractivity contribution < 1.29 is 9.90 Å². The van der Waals surface area contributed by atoms with Gasteiger partial charge in [-0.3, -0.25) is 4.98 Å². The Kier molecular flexibility index (Phi) is 4.13. The standard InChI is InChI=1S/C39H35N3O/c1-22-12-14-28-27-10-7-11-29(36(27)43-37(28)41-22)32-17-34-31(20-40-32)26-9-6-8-25-30-16-23(13-15-33(30)42(34)35(25)26)24-18-38(2,3)21-39(4,5)19-24/h6-17,20,24H,18-19,21H2,1-5H3/i1D3,24D. The maximum atomic E-state index is 9.75. The lowest BCUT2D eigenvalue weighted by Crippen LogP contribution is -2.32. The van der Waals surface area contributed by atoms with E-state index < -0.39 is 12.7 Å². The highest BCUT2D eigenvalue weighted by Gasteiger charge is 2.39. The molecule has 9 rings (SSSR count). The average molecular weight is 566 g/mol. The molecular formula is C39H35N3O. The van der Waals surface area contributed by atoms with Crippen molar-refractivity contribution >= 4 is 60.2 Å². The zero-order valence-electron chi connectivity index (χ0n) is 28.9. The van der Waals surface area contributed by atoms with Crippen molar-refractivity contribution in [2.75, 3.05) is 0 Å². The van der Waals surface area contributed by atoms with Crippen molar-refractivity contribution in [3.05, 3.63) is 90.3 Å². The maximum absolute atomic E-state index is 9.75. The predicted molar refractivity (Wildman–Crippen MR) is 178 cm³/mol. The van der Waals surface area contributed by atoms with E-state index in [2.05, 4.69) is 79.5 Å². The quantitative estimate of drug-likeness (QED) is 0.209. The van der Waals surface area contributed by atoms with Crippen LogP contribution < -0.4 is 0 Å². The van der Waals surface area contributed by atoms with Crippen molar-refractivity contribution in [2.45, 2.75) is 59.7 Å². The molecule has 8 aromatic rings. The van der Waals surface area contributed by atoms with Gasteiger partial charge in [0.15, 0.2) is 0 Å². The number of aromatic nitrogens is 3. The van der Waals surface area contributed by atoms with Crippen LogP contribution in [0, 0.1) is 17.7 Å². The maximum Gasteiger partial charge on any atom is 0.227 e. The van der Waals surface area contributed by atoms with Crippen LogP contribution in [0.2, 0.25) is 0 Å². The molecule has 5 heterocycles. The lowest BCUT2D eigenvalue weighted by atomic mass is 9.60. The van der Waals surface area contributed by atoms with Gasteiger partial charge < -0.3 is 8.82 Å². The molecule has 3 aromatic carbocycles. The van der Waals surface area contributed by atoms with Crippen LogP contribution in [-0.2, 0) is 0 Å². The Bertz CT molecular complexity index is 2560. The van der Waals surface area contributed by atoms with Crippen LogP contribution in [0.1, 0.15) is 69.6 Å². The van der Waals surface area contributed by atoms with Crippen LogP contribution in [0.5, 0.6) is 0 Å². The minimum absolute atomic E-state index is 0.0120. The molecule has 0 saturated heterocycles. The molecule has 0 N–H and O–H groups in total. The summed E-state index contributed by atoms with van der Waals surface area (Å²) in [5, 5.41) is 6.23. The van der Waals surface area contributed by atoms with Crippen molar-refractivity contribution in [3.63, 3.8) is 0 Å². The number of furan rings is 1. The van der Waals surface area contributed by atoms with Crippen LogP contribution >= 0.6 is 0 Å². The molecule has 0 atom stereocenters. The first-order valence-electron chi connectivity index (χ1n) is 17.1. The third-order valence-corrected chi connectivity index (χ3v) is 9.59. The van der Waals surface area contributed by atoms with Crippen molar-refractivity contribution in [2.24, 2.45) is 10.8 Å². The number of para-hydroxylation sites is 2. The smallest absolute Gasteiger partial charge is 0.227 e. The number of hydrogen-bond donors (Lipinski definition) is 0. The van der Waals surface area contributed by atoms with Gasteiger partial charge in [0.2, 0.25) is 5.71 Å². The lowest BCUT2D eigenvalue weighted by molar-refractivity contribution is 0.0969. The van der Waals surface area contributed by atoms with Gasteiger partial charge in [-0.1, -0.05) is 64.1 Å². The van der Waals surface area contributed by atoms with E-state index in [1.54, 1.807) is 12.1 Å². The molecule has 1 aliphatic carbocycles. The van der Waals surface area contributed by atoms with Crippen LogP contribution in [0.25, 0.3) is 71.4 Å². The average Bonchev–Trinajstić information content (AvgIpc) is 3.64. The Balaban J connectivity index is 1.25. The summed E-state index contributed by atoms with van der Waals surface area (Å²) >= 11 is 0. The van der Waals surface area contributed by atoms with E-state index in [1.807, 2.05) is 24.4 Å². The molecule has 5 aromatic heterocycles. The fourth-order valence-corrected chi connectivity index (χ4v) is 8.46. The molecule has 212 valence electrons. The van der Waals surface area contributed by atoms with Gasteiger partial charge in [0.1, 0.15) is 5.58 Å². The Morgan fingerprint density at radius 3 is 2.40 bits per heavy atom. The SMILES string of the molecule is [2H]C([2H])([2H])c1ccc2c(n1)oc1c(-c3cc4c(cn3)c3cccc5c6cc(C7([2H])CC(C)(C)CC(C)(C)C7)ccc6n4c53)cccc12. The number of pyridine rings is 2. The highest BCUT2D eigenvalue weighted by Crippen LogP contribution is 2.52. The normalized spacial score (nSPS) is 19.8. The van der Waals surface area contributed by atoms with E-state index in [-0.39, 0.29) is 16.5 Å². The zero-order valence-corrected chi connectivity index (χ0v) is 24.9. The highest BCUT2D eigenvalue weighted by atomic mass is 16.3. The Morgan fingerprint density at radius 2 is 1.58 bits per heavy atom. The number of aryl methyl sites for hydroxylation is 1. The molecule has 0 spiro atoms. The number of hydrogen-bond acceptors (Lipinski definition) is 3. The van der Waals surface area contributed by atoms with Gasteiger partial charge in [-0.05, 0) is 84.8 Å². The number of nitrogens with zero attached hydrogens (tertiary/aromatic N) is 3. The summed E-state index contributed by atoms with van der Waals surface area (Å²) in [7, 11) is 0. The molecule has 0 bridgehead atoms. The molecule has 1 aliphatic rings. The van der Waals surface area contributed by atoms with E-state index in [1.165, 1.54) is 16.3 Å². The Hall–Kier alpha value is -4.44. The highest BCUT2D eigenvalue weighted by molar-refractivity contribution is 6.23. The van der Waals surface area contributed by atoms with Crippen LogP contribution in [0.15, 0.2) is 83.4 Å². The van der Waals surface area contributed by atoms with Crippen LogP contribution in [0.4, 0.5) is 0 Å². The largest absolute Gasteiger partial charge is 0.437 e. The summed E-state index contributed by atoms with van der Waals surface area (Å²) in [6.07, 6.45) is 4.76. The fraction of sp³-hybridized carbons (Fsp3) is 0.282. The van der Waals surface area contributed by atoms with Crippen molar-refractivity contribution in [1.29, 1.82) is 0 Å². The molecule has 0 aliphatic heterocycles. The number of rotatable bonds is 2. The van der Waals surface area contributed by atoms with Gasteiger partial charge in [0.05, 0.1) is 22.2 Å². The summed E-state index contributed by atoms with van der Waals surface area (Å²) in [5.74, 6) is -0.644. The topological polar surface area (TPSA) is 43.3 Å². The lowest BCUT2D eigenvalue weighted by Gasteiger charge is -2.45.